The maximum Gasteiger partial charge on any atom is 0.321 e. The lowest BCUT2D eigenvalue weighted by molar-refractivity contribution is -0.154. The zero-order valence-corrected chi connectivity index (χ0v) is 17.0. The summed E-state index contributed by atoms with van der Waals surface area (Å²) in [5.41, 5.74) is 1.11. The van der Waals surface area contributed by atoms with E-state index in [4.69, 9.17) is 4.74 Å². The van der Waals surface area contributed by atoms with Crippen LogP contribution in [-0.4, -0.2) is 36.6 Å². The second-order valence-corrected chi connectivity index (χ2v) is 7.43. The van der Waals surface area contributed by atoms with E-state index < -0.39 is 5.41 Å². The Hall–Kier alpha value is -1.84. The fourth-order valence-electron chi connectivity index (χ4n) is 3.79. The van der Waals surface area contributed by atoms with Gasteiger partial charge in [0, 0.05) is 6.54 Å². The van der Waals surface area contributed by atoms with E-state index in [1.165, 1.54) is 19.3 Å². The van der Waals surface area contributed by atoms with Crippen LogP contribution in [0.15, 0.2) is 60.7 Å². The molecule has 1 fully saturated rings. The van der Waals surface area contributed by atoms with Crippen LogP contribution in [0.4, 0.5) is 0 Å². The molecule has 0 spiro atoms. The number of rotatable bonds is 6. The lowest BCUT2D eigenvalue weighted by Crippen LogP contribution is -3.00. The molecule has 27 heavy (non-hydrogen) atoms. The highest BCUT2D eigenvalue weighted by molar-refractivity contribution is 5.87. The second kappa shape index (κ2) is 9.91. The van der Waals surface area contributed by atoms with Gasteiger partial charge in [-0.05, 0) is 50.9 Å². The zero-order chi connectivity index (χ0) is 18.4. The summed E-state index contributed by atoms with van der Waals surface area (Å²) in [5, 5.41) is 0. The molecule has 0 bridgehead atoms. The summed E-state index contributed by atoms with van der Waals surface area (Å²) < 4.78 is 5.95. The summed E-state index contributed by atoms with van der Waals surface area (Å²) >= 11 is 0. The lowest BCUT2D eigenvalue weighted by atomic mass is 9.76. The van der Waals surface area contributed by atoms with Crippen molar-refractivity contribution in [2.45, 2.75) is 44.6 Å². The molecule has 1 aliphatic heterocycles. The van der Waals surface area contributed by atoms with E-state index in [0.717, 1.165) is 30.8 Å². The molecule has 2 aromatic carbocycles. The van der Waals surface area contributed by atoms with Crippen molar-refractivity contribution < 1.29 is 21.9 Å². The first-order chi connectivity index (χ1) is 12.6. The van der Waals surface area contributed by atoms with Crippen molar-refractivity contribution in [3.63, 3.8) is 0 Å². The predicted molar refractivity (Wildman–Crippen MR) is 105 cm³/mol. The van der Waals surface area contributed by atoms with Gasteiger partial charge in [0.15, 0.2) is 0 Å². The van der Waals surface area contributed by atoms with Crippen LogP contribution < -0.4 is 12.4 Å². The van der Waals surface area contributed by atoms with Crippen molar-refractivity contribution >= 4 is 5.97 Å². The maximum atomic E-state index is 13.3. The van der Waals surface area contributed by atoms with E-state index >= 15 is 0 Å². The van der Waals surface area contributed by atoms with Gasteiger partial charge in [-0.3, -0.25) is 9.69 Å². The fourth-order valence-corrected chi connectivity index (χ4v) is 3.79. The minimum Gasteiger partial charge on any atom is -1.00 e. The number of hydrogen-bond acceptors (Lipinski definition) is 3. The first-order valence-electron chi connectivity index (χ1n) is 9.65. The molecule has 0 amide bonds. The number of carbonyl (C=O) groups excluding carboxylic acids is 1. The van der Waals surface area contributed by atoms with Gasteiger partial charge < -0.3 is 17.1 Å². The molecule has 1 heterocycles. The summed E-state index contributed by atoms with van der Waals surface area (Å²) in [4.78, 5) is 15.7. The number of piperidine rings is 1. The molecule has 3 rings (SSSR count). The van der Waals surface area contributed by atoms with E-state index in [-0.39, 0.29) is 24.5 Å². The van der Waals surface area contributed by atoms with Gasteiger partial charge in [0.05, 0.1) is 0 Å². The van der Waals surface area contributed by atoms with E-state index in [1.807, 2.05) is 74.5 Å². The smallest absolute Gasteiger partial charge is 0.321 e. The average molecular weight is 387 g/mol. The van der Waals surface area contributed by atoms with E-state index in [2.05, 4.69) is 4.90 Å². The van der Waals surface area contributed by atoms with Crippen molar-refractivity contribution in [1.29, 1.82) is 0 Å². The third-order valence-corrected chi connectivity index (χ3v) is 5.38. The number of hydrogen-bond donors (Lipinski definition) is 0. The van der Waals surface area contributed by atoms with Gasteiger partial charge in [-0.2, -0.15) is 0 Å². The van der Waals surface area contributed by atoms with Crippen molar-refractivity contribution in [3.8, 4) is 0 Å². The molecule has 1 aliphatic rings. The van der Waals surface area contributed by atoms with Crippen molar-refractivity contribution in [1.82, 2.24) is 4.90 Å². The van der Waals surface area contributed by atoms with Crippen molar-refractivity contribution in [2.24, 2.45) is 0 Å². The number of likely N-dealkylation sites (tertiary alicyclic amines) is 1. The van der Waals surface area contributed by atoms with Gasteiger partial charge in [0.2, 0.25) is 0 Å². The lowest BCUT2D eigenvalue weighted by Gasteiger charge is -2.32. The van der Waals surface area contributed by atoms with Crippen LogP contribution in [0, 0.1) is 0 Å². The topological polar surface area (TPSA) is 29.5 Å². The second-order valence-electron chi connectivity index (χ2n) is 7.43. The van der Waals surface area contributed by atoms with E-state index in [0.29, 0.717) is 0 Å². The molecule has 4 heteroatoms. The molecular weight excluding hydrogens is 358 g/mol. The van der Waals surface area contributed by atoms with Crippen molar-refractivity contribution in [3.05, 3.63) is 71.8 Å². The molecule has 1 unspecified atom stereocenters. The molecule has 0 radical (unpaired) electrons. The highest BCUT2D eigenvalue weighted by Gasteiger charge is 2.39. The van der Waals surface area contributed by atoms with Gasteiger partial charge in [-0.15, -0.1) is 0 Å². The summed E-state index contributed by atoms with van der Waals surface area (Å²) in [6, 6.07) is 19.8. The third-order valence-electron chi connectivity index (χ3n) is 5.38. The van der Waals surface area contributed by atoms with Gasteiger partial charge in [-0.1, -0.05) is 67.1 Å². The monoisotopic (exact) mass is 386 g/mol. The third kappa shape index (κ3) is 5.12. The SMILES string of the molecule is CC(CN1CCCCC1)OC(=O)C(C)(c1ccccc1)c1ccccc1.[Cl-]. The van der Waals surface area contributed by atoms with E-state index in [1.54, 1.807) is 0 Å². The minimum absolute atomic E-state index is 0. The molecule has 1 saturated heterocycles. The summed E-state index contributed by atoms with van der Waals surface area (Å²) in [5.74, 6) is -0.181. The number of benzene rings is 2. The molecule has 146 valence electrons. The number of esters is 1. The normalized spacial score (nSPS) is 16.2. The summed E-state index contributed by atoms with van der Waals surface area (Å²) in [6.45, 7) is 7.00. The Labute approximate surface area is 169 Å². The highest BCUT2D eigenvalue weighted by atomic mass is 35.5. The molecule has 1 atom stereocenters. The van der Waals surface area contributed by atoms with Gasteiger partial charge >= 0.3 is 5.97 Å². The molecular formula is C23H29ClNO2-. The van der Waals surface area contributed by atoms with Crippen LogP contribution in [0.5, 0.6) is 0 Å². The Morgan fingerprint density at radius 3 is 1.93 bits per heavy atom. The van der Waals surface area contributed by atoms with Crippen LogP contribution in [0.25, 0.3) is 0 Å². The number of halogens is 1. The van der Waals surface area contributed by atoms with Crippen LogP contribution in [-0.2, 0) is 14.9 Å². The first-order valence-corrected chi connectivity index (χ1v) is 9.65. The van der Waals surface area contributed by atoms with Gasteiger partial charge in [0.25, 0.3) is 0 Å². The fraction of sp³-hybridized carbons (Fsp3) is 0.435. The molecule has 0 aromatic heterocycles. The molecule has 2 aromatic rings. The van der Waals surface area contributed by atoms with Crippen molar-refractivity contribution in [2.75, 3.05) is 19.6 Å². The number of carbonyl (C=O) groups is 1. The largest absolute Gasteiger partial charge is 1.00 e. The Balaban J connectivity index is 0.00000261. The van der Waals surface area contributed by atoms with E-state index in [9.17, 15) is 4.79 Å². The Morgan fingerprint density at radius 1 is 0.963 bits per heavy atom. The number of nitrogens with zero attached hydrogens (tertiary/aromatic N) is 1. The Kier molecular flexibility index (Phi) is 7.88. The number of ether oxygens (including phenoxy) is 1. The summed E-state index contributed by atoms with van der Waals surface area (Å²) in [7, 11) is 0. The Morgan fingerprint density at radius 2 is 1.44 bits per heavy atom. The standard InChI is InChI=1S/C23H29NO2.ClH/c1-19(18-24-16-10-5-11-17-24)26-22(25)23(2,20-12-6-3-7-13-20)21-14-8-4-9-15-21;/h3-4,6-9,12-15,19H,5,10-11,16-18H2,1-2H3;1H/p-1. The molecule has 0 saturated carbocycles. The zero-order valence-electron chi connectivity index (χ0n) is 16.2. The van der Waals surface area contributed by atoms with Crippen LogP contribution in [0.3, 0.4) is 0 Å². The molecule has 3 nitrogen and oxygen atoms in total. The Bertz CT molecular complexity index is 659. The average Bonchev–Trinajstić information content (AvgIpc) is 2.69. The highest BCUT2D eigenvalue weighted by Crippen LogP contribution is 2.33. The van der Waals surface area contributed by atoms with Gasteiger partial charge in [0.1, 0.15) is 11.5 Å². The molecule has 0 N–H and O–H groups in total. The van der Waals surface area contributed by atoms with Crippen LogP contribution >= 0.6 is 0 Å². The quantitative estimate of drug-likeness (QED) is 0.703. The maximum absolute atomic E-state index is 13.3. The predicted octanol–water partition coefficient (Wildman–Crippen LogP) is 1.41. The first kappa shape index (κ1) is 21.5. The van der Waals surface area contributed by atoms with Crippen LogP contribution in [0.2, 0.25) is 0 Å². The van der Waals surface area contributed by atoms with Gasteiger partial charge in [-0.25, -0.2) is 0 Å². The molecule has 0 aliphatic carbocycles. The van der Waals surface area contributed by atoms with Crippen LogP contribution in [0.1, 0.15) is 44.2 Å². The minimum atomic E-state index is -0.807. The summed E-state index contributed by atoms with van der Waals surface area (Å²) in [6.07, 6.45) is 3.68.